The van der Waals surface area contributed by atoms with Crippen LogP contribution in [0.5, 0.6) is 0 Å². The zero-order chi connectivity index (χ0) is 18.7. The summed E-state index contributed by atoms with van der Waals surface area (Å²) in [5, 5.41) is 4.45. The van der Waals surface area contributed by atoms with Gasteiger partial charge < -0.3 is 10.2 Å². The van der Waals surface area contributed by atoms with Crippen molar-refractivity contribution in [2.24, 2.45) is 0 Å². The number of nitrogens with one attached hydrogen (secondary N) is 1. The van der Waals surface area contributed by atoms with Gasteiger partial charge >= 0.3 is 0 Å². The topological polar surface area (TPSA) is 35.6 Å². The molecule has 138 valence electrons. The highest BCUT2D eigenvalue weighted by Gasteiger charge is 2.26. The van der Waals surface area contributed by atoms with Crippen molar-refractivity contribution in [2.75, 3.05) is 36.4 Å². The van der Waals surface area contributed by atoms with Gasteiger partial charge in [-0.3, -0.25) is 9.69 Å². The fourth-order valence-corrected chi connectivity index (χ4v) is 3.73. The van der Waals surface area contributed by atoms with Crippen LogP contribution in [0.3, 0.4) is 0 Å². The molecule has 1 amide bonds. The first kappa shape index (κ1) is 19.3. The largest absolute Gasteiger partial charge is 0.369 e. The highest BCUT2D eigenvalue weighted by Crippen LogP contribution is 2.30. The minimum absolute atomic E-state index is 0.115. The van der Waals surface area contributed by atoms with Crippen molar-refractivity contribution < 1.29 is 4.79 Å². The van der Waals surface area contributed by atoms with Crippen LogP contribution in [0.2, 0.25) is 15.1 Å². The third-order valence-electron chi connectivity index (χ3n) is 4.63. The van der Waals surface area contributed by atoms with Crippen LogP contribution in [0, 0.1) is 0 Å². The highest BCUT2D eigenvalue weighted by atomic mass is 35.5. The molecule has 7 heteroatoms. The zero-order valence-corrected chi connectivity index (χ0v) is 16.7. The molecule has 2 aromatic carbocycles. The number of nitrogens with zero attached hydrogens (tertiary/aromatic N) is 2. The Morgan fingerprint density at radius 1 is 1.00 bits per heavy atom. The normalized spacial score (nSPS) is 16.4. The maximum atomic E-state index is 12.6. The monoisotopic (exact) mass is 411 g/mol. The van der Waals surface area contributed by atoms with Gasteiger partial charge in [-0.25, -0.2) is 0 Å². The van der Waals surface area contributed by atoms with E-state index < -0.39 is 0 Å². The van der Waals surface area contributed by atoms with E-state index in [2.05, 4.69) is 21.2 Å². The quantitative estimate of drug-likeness (QED) is 0.784. The molecular weight excluding hydrogens is 393 g/mol. The van der Waals surface area contributed by atoms with E-state index in [-0.39, 0.29) is 11.9 Å². The van der Waals surface area contributed by atoms with Crippen molar-refractivity contribution in [2.45, 2.75) is 13.0 Å². The van der Waals surface area contributed by atoms with Gasteiger partial charge in [0.05, 0.1) is 21.8 Å². The Labute approximate surface area is 168 Å². The maximum Gasteiger partial charge on any atom is 0.241 e. The number of anilines is 2. The second-order valence-electron chi connectivity index (χ2n) is 6.26. The number of rotatable bonds is 4. The predicted octanol–water partition coefficient (Wildman–Crippen LogP) is 4.80. The van der Waals surface area contributed by atoms with Crippen LogP contribution in [-0.2, 0) is 4.79 Å². The van der Waals surface area contributed by atoms with Crippen LogP contribution < -0.4 is 10.2 Å². The van der Waals surface area contributed by atoms with Gasteiger partial charge in [0.15, 0.2) is 0 Å². The molecule has 0 spiro atoms. The molecular formula is C19H20Cl3N3O. The minimum atomic E-state index is -0.274. The summed E-state index contributed by atoms with van der Waals surface area (Å²) in [4.78, 5) is 17.0. The number of benzene rings is 2. The summed E-state index contributed by atoms with van der Waals surface area (Å²) < 4.78 is 0. The van der Waals surface area contributed by atoms with Gasteiger partial charge in [-0.15, -0.1) is 0 Å². The summed E-state index contributed by atoms with van der Waals surface area (Å²) >= 11 is 18.3. The van der Waals surface area contributed by atoms with Crippen LogP contribution >= 0.6 is 34.8 Å². The highest BCUT2D eigenvalue weighted by molar-refractivity contribution is 6.39. The number of carbonyl (C=O) groups excluding carboxylic acids is 1. The Morgan fingerprint density at radius 2 is 1.62 bits per heavy atom. The third kappa shape index (κ3) is 4.44. The lowest BCUT2D eigenvalue weighted by molar-refractivity contribution is -0.120. The van der Waals surface area contributed by atoms with Crippen LogP contribution in [0.4, 0.5) is 11.4 Å². The number of hydrogen-bond acceptors (Lipinski definition) is 3. The lowest BCUT2D eigenvalue weighted by Gasteiger charge is -2.38. The van der Waals surface area contributed by atoms with E-state index in [1.807, 2.05) is 25.1 Å². The molecule has 0 bridgehead atoms. The molecule has 0 unspecified atom stereocenters. The van der Waals surface area contributed by atoms with E-state index in [1.165, 1.54) is 0 Å². The molecule has 0 saturated carbocycles. The summed E-state index contributed by atoms with van der Waals surface area (Å²) in [6, 6.07) is 12.7. The number of para-hydroxylation sites is 1. The summed E-state index contributed by atoms with van der Waals surface area (Å²) in [7, 11) is 0. The number of hydrogen-bond donors (Lipinski definition) is 1. The number of carbonyl (C=O) groups is 1. The van der Waals surface area contributed by atoms with Crippen molar-refractivity contribution in [1.82, 2.24) is 4.90 Å². The predicted molar refractivity (Wildman–Crippen MR) is 110 cm³/mol. The average molecular weight is 413 g/mol. The summed E-state index contributed by atoms with van der Waals surface area (Å²) in [5.41, 5.74) is 1.57. The Bertz CT molecular complexity index is 771. The fourth-order valence-electron chi connectivity index (χ4n) is 3.05. The second kappa shape index (κ2) is 8.49. The van der Waals surface area contributed by atoms with Gasteiger partial charge in [-0.05, 0) is 37.3 Å². The summed E-state index contributed by atoms with van der Waals surface area (Å²) in [6.45, 7) is 5.15. The summed E-state index contributed by atoms with van der Waals surface area (Å²) in [6.07, 6.45) is 0. The van der Waals surface area contributed by atoms with E-state index >= 15 is 0 Å². The molecule has 3 rings (SSSR count). The Morgan fingerprint density at radius 3 is 2.23 bits per heavy atom. The molecule has 1 saturated heterocycles. The van der Waals surface area contributed by atoms with E-state index in [0.717, 1.165) is 36.9 Å². The SMILES string of the molecule is C[C@H](C(=O)Nc1c(Cl)cccc1Cl)N1CCN(c2cccc(Cl)c2)CC1. The maximum absolute atomic E-state index is 12.6. The van der Waals surface area contributed by atoms with E-state index in [0.29, 0.717) is 15.7 Å². The Kier molecular flexibility index (Phi) is 6.30. The molecule has 1 N–H and O–H groups in total. The van der Waals surface area contributed by atoms with E-state index in [4.69, 9.17) is 34.8 Å². The Balaban J connectivity index is 1.59. The third-order valence-corrected chi connectivity index (χ3v) is 5.49. The molecule has 1 aliphatic heterocycles. The Hall–Kier alpha value is -1.46. The molecule has 1 aliphatic rings. The minimum Gasteiger partial charge on any atom is -0.369 e. The number of amides is 1. The molecule has 1 heterocycles. The first-order valence-electron chi connectivity index (χ1n) is 8.45. The van der Waals surface area contributed by atoms with Gasteiger partial charge in [-0.1, -0.05) is 46.9 Å². The lowest BCUT2D eigenvalue weighted by atomic mass is 10.2. The van der Waals surface area contributed by atoms with Gasteiger partial charge in [0, 0.05) is 36.9 Å². The van der Waals surface area contributed by atoms with Crippen LogP contribution in [0.25, 0.3) is 0 Å². The lowest BCUT2D eigenvalue weighted by Crippen LogP contribution is -2.52. The molecule has 1 fully saturated rings. The van der Waals surface area contributed by atoms with Gasteiger partial charge in [0.25, 0.3) is 0 Å². The smallest absolute Gasteiger partial charge is 0.241 e. The van der Waals surface area contributed by atoms with Crippen molar-refractivity contribution in [3.05, 3.63) is 57.5 Å². The first-order valence-corrected chi connectivity index (χ1v) is 9.58. The molecule has 4 nitrogen and oxygen atoms in total. The number of halogens is 3. The fraction of sp³-hybridized carbons (Fsp3) is 0.316. The van der Waals surface area contributed by atoms with Crippen LogP contribution in [-0.4, -0.2) is 43.0 Å². The average Bonchev–Trinajstić information content (AvgIpc) is 2.64. The van der Waals surface area contributed by atoms with Crippen molar-refractivity contribution >= 4 is 52.1 Å². The van der Waals surface area contributed by atoms with E-state index in [1.54, 1.807) is 18.2 Å². The first-order chi connectivity index (χ1) is 12.5. The molecule has 0 radical (unpaired) electrons. The molecule has 26 heavy (non-hydrogen) atoms. The van der Waals surface area contributed by atoms with Gasteiger partial charge in [-0.2, -0.15) is 0 Å². The zero-order valence-electron chi connectivity index (χ0n) is 14.4. The van der Waals surface area contributed by atoms with Crippen molar-refractivity contribution in [3.63, 3.8) is 0 Å². The summed E-state index contributed by atoms with van der Waals surface area (Å²) in [5.74, 6) is -0.115. The molecule has 0 aliphatic carbocycles. The van der Waals surface area contributed by atoms with E-state index in [9.17, 15) is 4.79 Å². The van der Waals surface area contributed by atoms with Gasteiger partial charge in [0.2, 0.25) is 5.91 Å². The van der Waals surface area contributed by atoms with Gasteiger partial charge in [0.1, 0.15) is 0 Å². The standard InChI is InChI=1S/C19H20Cl3N3O/c1-13(19(26)23-18-16(21)6-3-7-17(18)22)24-8-10-25(11-9-24)15-5-2-4-14(20)12-15/h2-7,12-13H,8-11H2,1H3,(H,23,26)/t13-/m1/s1. The van der Waals surface area contributed by atoms with Crippen molar-refractivity contribution in [3.8, 4) is 0 Å². The molecule has 0 aromatic heterocycles. The molecule has 2 aromatic rings. The van der Waals surface area contributed by atoms with Crippen molar-refractivity contribution in [1.29, 1.82) is 0 Å². The van der Waals surface area contributed by atoms with Crippen LogP contribution in [0.1, 0.15) is 6.92 Å². The second-order valence-corrected chi connectivity index (χ2v) is 7.52. The van der Waals surface area contributed by atoms with Crippen LogP contribution in [0.15, 0.2) is 42.5 Å². The number of piperazine rings is 1. The molecule has 1 atom stereocenters.